The molecule has 88 valence electrons. The van der Waals surface area contributed by atoms with Gasteiger partial charge < -0.3 is 5.73 Å². The van der Waals surface area contributed by atoms with Gasteiger partial charge in [-0.05, 0) is 24.6 Å². The molecule has 2 N–H and O–H groups in total. The van der Waals surface area contributed by atoms with E-state index in [0.717, 1.165) is 12.8 Å². The molecular weight excluding hydrogens is 222 g/mol. The van der Waals surface area contributed by atoms with Crippen molar-refractivity contribution < 1.29 is 4.79 Å². The lowest BCUT2D eigenvalue weighted by atomic mass is 10.0. The van der Waals surface area contributed by atoms with E-state index < -0.39 is 0 Å². The van der Waals surface area contributed by atoms with Crippen LogP contribution in [0.2, 0.25) is 5.02 Å². The lowest BCUT2D eigenvalue weighted by Crippen LogP contribution is -2.03. The van der Waals surface area contributed by atoms with Crippen LogP contribution in [0.3, 0.4) is 0 Å². The largest absolute Gasteiger partial charge is 0.398 e. The van der Waals surface area contributed by atoms with Crippen LogP contribution < -0.4 is 5.73 Å². The minimum Gasteiger partial charge on any atom is -0.398 e. The summed E-state index contributed by atoms with van der Waals surface area (Å²) < 4.78 is 0. The molecule has 0 aromatic heterocycles. The van der Waals surface area contributed by atoms with E-state index >= 15 is 0 Å². The fourth-order valence-electron chi connectivity index (χ4n) is 1.63. The SMILES string of the molecule is CCCCCCC(=O)c1ccc(Cl)cc1N. The first-order valence-electron chi connectivity index (χ1n) is 5.73. The van der Waals surface area contributed by atoms with Crippen LogP contribution in [0.25, 0.3) is 0 Å². The molecular formula is C13H18ClNO. The van der Waals surface area contributed by atoms with Gasteiger partial charge in [0.15, 0.2) is 5.78 Å². The van der Waals surface area contributed by atoms with Gasteiger partial charge in [-0.1, -0.05) is 37.8 Å². The Hall–Kier alpha value is -1.02. The predicted octanol–water partition coefficient (Wildman–Crippen LogP) is 4.08. The third kappa shape index (κ3) is 3.86. The Morgan fingerprint density at radius 2 is 2.06 bits per heavy atom. The van der Waals surface area contributed by atoms with E-state index in [9.17, 15) is 4.79 Å². The Morgan fingerprint density at radius 3 is 2.69 bits per heavy atom. The number of unbranched alkanes of at least 4 members (excludes halogenated alkanes) is 3. The number of hydrogen-bond acceptors (Lipinski definition) is 2. The number of nitrogens with two attached hydrogens (primary N) is 1. The molecule has 1 aromatic carbocycles. The van der Waals surface area contributed by atoms with Crippen LogP contribution in [-0.2, 0) is 0 Å². The third-order valence-electron chi connectivity index (χ3n) is 2.57. The van der Waals surface area contributed by atoms with Crippen molar-refractivity contribution in [2.45, 2.75) is 39.0 Å². The van der Waals surface area contributed by atoms with Gasteiger partial charge in [-0.3, -0.25) is 4.79 Å². The zero-order valence-corrected chi connectivity index (χ0v) is 10.4. The molecule has 1 aromatic rings. The zero-order chi connectivity index (χ0) is 12.0. The molecule has 0 saturated carbocycles. The summed E-state index contributed by atoms with van der Waals surface area (Å²) in [5, 5.41) is 0.569. The number of nitrogen functional groups attached to an aromatic ring is 1. The van der Waals surface area contributed by atoms with Crippen LogP contribution in [0, 0.1) is 0 Å². The second kappa shape index (κ2) is 6.54. The zero-order valence-electron chi connectivity index (χ0n) is 9.63. The molecule has 0 aliphatic carbocycles. The van der Waals surface area contributed by atoms with Gasteiger partial charge in [-0.2, -0.15) is 0 Å². The fourth-order valence-corrected chi connectivity index (χ4v) is 1.82. The van der Waals surface area contributed by atoms with Gasteiger partial charge in [-0.15, -0.1) is 0 Å². The van der Waals surface area contributed by atoms with Crippen LogP contribution in [-0.4, -0.2) is 5.78 Å². The number of halogens is 1. The van der Waals surface area contributed by atoms with Gasteiger partial charge in [0.2, 0.25) is 0 Å². The number of rotatable bonds is 6. The van der Waals surface area contributed by atoms with Crippen LogP contribution in [0.5, 0.6) is 0 Å². The number of anilines is 1. The molecule has 0 saturated heterocycles. The van der Waals surface area contributed by atoms with Gasteiger partial charge in [0.05, 0.1) is 0 Å². The second-order valence-electron chi connectivity index (χ2n) is 3.97. The number of carbonyl (C=O) groups is 1. The summed E-state index contributed by atoms with van der Waals surface area (Å²) in [5.41, 5.74) is 6.83. The number of hydrogen-bond donors (Lipinski definition) is 1. The molecule has 16 heavy (non-hydrogen) atoms. The highest BCUT2D eigenvalue weighted by atomic mass is 35.5. The molecule has 0 aliphatic heterocycles. The Labute approximate surface area is 102 Å². The van der Waals surface area contributed by atoms with Gasteiger partial charge in [0.1, 0.15) is 0 Å². The number of carbonyl (C=O) groups excluding carboxylic acids is 1. The fraction of sp³-hybridized carbons (Fsp3) is 0.462. The topological polar surface area (TPSA) is 43.1 Å². The predicted molar refractivity (Wildman–Crippen MR) is 69.0 cm³/mol. The van der Waals surface area contributed by atoms with Crippen LogP contribution in [0.1, 0.15) is 49.4 Å². The summed E-state index contributed by atoms with van der Waals surface area (Å²) in [4.78, 5) is 11.8. The van der Waals surface area contributed by atoms with E-state index in [0.29, 0.717) is 22.7 Å². The molecule has 0 aliphatic rings. The molecule has 0 bridgehead atoms. The lowest BCUT2D eigenvalue weighted by Gasteiger charge is -2.05. The van der Waals surface area contributed by atoms with E-state index in [-0.39, 0.29) is 5.78 Å². The highest BCUT2D eigenvalue weighted by molar-refractivity contribution is 6.31. The number of ketones is 1. The summed E-state index contributed by atoms with van der Waals surface area (Å²) in [6.45, 7) is 2.15. The standard InChI is InChI=1S/C13H18ClNO/c1-2-3-4-5-6-13(16)11-8-7-10(14)9-12(11)15/h7-9H,2-6,15H2,1H3. The van der Waals surface area contributed by atoms with E-state index in [1.165, 1.54) is 12.8 Å². The molecule has 3 heteroatoms. The van der Waals surface area contributed by atoms with Crippen molar-refractivity contribution in [1.82, 2.24) is 0 Å². The minimum absolute atomic E-state index is 0.116. The Morgan fingerprint density at radius 1 is 1.31 bits per heavy atom. The quantitative estimate of drug-likeness (QED) is 0.462. The van der Waals surface area contributed by atoms with E-state index in [1.807, 2.05) is 0 Å². The van der Waals surface area contributed by atoms with Gasteiger partial charge in [-0.25, -0.2) is 0 Å². The maximum absolute atomic E-state index is 11.8. The molecule has 0 fully saturated rings. The average molecular weight is 240 g/mol. The van der Waals surface area contributed by atoms with Crippen molar-refractivity contribution in [2.75, 3.05) is 5.73 Å². The Bertz CT molecular complexity index is 363. The summed E-state index contributed by atoms with van der Waals surface area (Å²) >= 11 is 5.78. The first-order chi connectivity index (χ1) is 7.65. The maximum Gasteiger partial charge on any atom is 0.164 e. The average Bonchev–Trinajstić information content (AvgIpc) is 2.24. The highest BCUT2D eigenvalue weighted by Crippen LogP contribution is 2.20. The third-order valence-corrected chi connectivity index (χ3v) is 2.81. The van der Waals surface area contributed by atoms with Gasteiger partial charge in [0.25, 0.3) is 0 Å². The van der Waals surface area contributed by atoms with Gasteiger partial charge in [0, 0.05) is 22.7 Å². The molecule has 0 spiro atoms. The van der Waals surface area contributed by atoms with Crippen LogP contribution in [0.4, 0.5) is 5.69 Å². The summed E-state index contributed by atoms with van der Waals surface area (Å²) in [6, 6.07) is 5.04. The summed E-state index contributed by atoms with van der Waals surface area (Å²) in [5.74, 6) is 0.116. The smallest absolute Gasteiger partial charge is 0.164 e. The van der Waals surface area contributed by atoms with E-state index in [4.69, 9.17) is 17.3 Å². The van der Waals surface area contributed by atoms with Crippen molar-refractivity contribution in [2.24, 2.45) is 0 Å². The first-order valence-corrected chi connectivity index (χ1v) is 6.11. The first kappa shape index (κ1) is 13.0. The Kier molecular flexibility index (Phi) is 5.33. The van der Waals surface area contributed by atoms with Crippen molar-refractivity contribution in [3.05, 3.63) is 28.8 Å². The lowest BCUT2D eigenvalue weighted by molar-refractivity contribution is 0.0980. The second-order valence-corrected chi connectivity index (χ2v) is 4.40. The summed E-state index contributed by atoms with van der Waals surface area (Å²) in [6.07, 6.45) is 4.98. The van der Waals surface area contributed by atoms with E-state index in [1.54, 1.807) is 18.2 Å². The van der Waals surface area contributed by atoms with E-state index in [2.05, 4.69) is 6.92 Å². The molecule has 0 amide bonds. The van der Waals surface area contributed by atoms with Gasteiger partial charge >= 0.3 is 0 Å². The minimum atomic E-state index is 0.116. The van der Waals surface area contributed by atoms with Crippen LogP contribution >= 0.6 is 11.6 Å². The number of Topliss-reactive ketones (excluding diaryl/α,β-unsaturated/α-hetero) is 1. The molecule has 0 heterocycles. The molecule has 0 radical (unpaired) electrons. The number of benzene rings is 1. The van der Waals surface area contributed by atoms with Crippen molar-refractivity contribution >= 4 is 23.1 Å². The highest BCUT2D eigenvalue weighted by Gasteiger charge is 2.09. The monoisotopic (exact) mass is 239 g/mol. The normalized spacial score (nSPS) is 10.4. The van der Waals surface area contributed by atoms with Crippen molar-refractivity contribution in [1.29, 1.82) is 0 Å². The van der Waals surface area contributed by atoms with Crippen LogP contribution in [0.15, 0.2) is 18.2 Å². The van der Waals surface area contributed by atoms with Crippen molar-refractivity contribution in [3.8, 4) is 0 Å². The maximum atomic E-state index is 11.8. The van der Waals surface area contributed by atoms with Crippen molar-refractivity contribution in [3.63, 3.8) is 0 Å². The molecule has 1 rings (SSSR count). The molecule has 0 unspecified atom stereocenters. The Balaban J connectivity index is 2.53. The summed E-state index contributed by atoms with van der Waals surface area (Å²) in [7, 11) is 0. The molecule has 2 nitrogen and oxygen atoms in total. The molecule has 0 atom stereocenters.